The summed E-state index contributed by atoms with van der Waals surface area (Å²) in [5, 5.41) is 11.6. The lowest BCUT2D eigenvalue weighted by molar-refractivity contribution is -0.120. The summed E-state index contributed by atoms with van der Waals surface area (Å²) in [6.45, 7) is 1.50. The molecule has 3 aromatic rings. The molecule has 0 radical (unpaired) electrons. The van der Waals surface area contributed by atoms with Crippen LogP contribution in [0.15, 0.2) is 65.1 Å². The molecule has 1 aliphatic heterocycles. The average Bonchev–Trinajstić information content (AvgIpc) is 2.75. The minimum atomic E-state index is -0.273. The molecular formula is C22H20BrFN4O. The highest BCUT2D eigenvalue weighted by molar-refractivity contribution is 9.10. The van der Waals surface area contributed by atoms with Crippen LogP contribution >= 0.6 is 15.9 Å². The van der Waals surface area contributed by atoms with Crippen LogP contribution in [-0.2, 0) is 4.79 Å². The zero-order valence-electron chi connectivity index (χ0n) is 15.7. The van der Waals surface area contributed by atoms with Crippen LogP contribution in [0, 0.1) is 11.7 Å². The molecule has 5 nitrogen and oxygen atoms in total. The fourth-order valence-corrected chi connectivity index (χ4v) is 3.85. The van der Waals surface area contributed by atoms with Gasteiger partial charge in [-0.1, -0.05) is 22.0 Å². The summed E-state index contributed by atoms with van der Waals surface area (Å²) in [6.07, 6.45) is 1.53. The van der Waals surface area contributed by atoms with Crippen molar-refractivity contribution >= 4 is 33.3 Å². The molecule has 29 heavy (non-hydrogen) atoms. The fourth-order valence-electron chi connectivity index (χ4n) is 3.45. The zero-order valence-corrected chi connectivity index (χ0v) is 17.3. The average molecular weight is 455 g/mol. The van der Waals surface area contributed by atoms with Crippen LogP contribution in [-0.4, -0.2) is 29.2 Å². The monoisotopic (exact) mass is 454 g/mol. The number of rotatable bonds is 4. The number of hydrogen-bond donors (Lipinski definition) is 1. The number of carbonyl (C=O) groups is 1. The van der Waals surface area contributed by atoms with Crippen molar-refractivity contribution in [2.45, 2.75) is 12.8 Å². The Morgan fingerprint density at radius 1 is 1.03 bits per heavy atom. The first-order chi connectivity index (χ1) is 14.1. The molecule has 2 heterocycles. The van der Waals surface area contributed by atoms with Crippen molar-refractivity contribution in [2.75, 3.05) is 23.3 Å². The number of hydrogen-bond acceptors (Lipinski definition) is 4. The van der Waals surface area contributed by atoms with E-state index in [1.807, 2.05) is 36.4 Å². The quantitative estimate of drug-likeness (QED) is 0.608. The zero-order chi connectivity index (χ0) is 20.2. The topological polar surface area (TPSA) is 58.1 Å². The van der Waals surface area contributed by atoms with E-state index in [1.54, 1.807) is 12.1 Å². The fraction of sp³-hybridized carbons (Fsp3) is 0.227. The molecule has 0 spiro atoms. The Bertz CT molecular complexity index is 986. The molecule has 0 unspecified atom stereocenters. The lowest BCUT2D eigenvalue weighted by Gasteiger charge is -2.31. The van der Waals surface area contributed by atoms with E-state index in [-0.39, 0.29) is 17.6 Å². The van der Waals surface area contributed by atoms with Gasteiger partial charge >= 0.3 is 0 Å². The number of piperidine rings is 1. The normalized spacial score (nSPS) is 14.6. The smallest absolute Gasteiger partial charge is 0.227 e. The second kappa shape index (κ2) is 8.69. The van der Waals surface area contributed by atoms with Crippen LogP contribution in [0.2, 0.25) is 0 Å². The minimum absolute atomic E-state index is 0.0170. The molecule has 148 valence electrons. The first-order valence-corrected chi connectivity index (χ1v) is 10.3. The highest BCUT2D eigenvalue weighted by Crippen LogP contribution is 2.25. The van der Waals surface area contributed by atoms with Gasteiger partial charge in [0.1, 0.15) is 5.82 Å². The van der Waals surface area contributed by atoms with E-state index in [4.69, 9.17) is 0 Å². The van der Waals surface area contributed by atoms with Crippen molar-refractivity contribution in [1.82, 2.24) is 10.2 Å². The Kier molecular flexibility index (Phi) is 5.85. The molecule has 0 aliphatic carbocycles. The van der Waals surface area contributed by atoms with Gasteiger partial charge in [0.05, 0.1) is 5.69 Å². The van der Waals surface area contributed by atoms with Crippen molar-refractivity contribution < 1.29 is 9.18 Å². The van der Waals surface area contributed by atoms with Crippen LogP contribution in [0.25, 0.3) is 11.3 Å². The highest BCUT2D eigenvalue weighted by Gasteiger charge is 2.26. The van der Waals surface area contributed by atoms with Gasteiger partial charge in [-0.2, -0.15) is 0 Å². The van der Waals surface area contributed by atoms with Crippen LogP contribution in [0.4, 0.5) is 15.9 Å². The maximum Gasteiger partial charge on any atom is 0.227 e. The van der Waals surface area contributed by atoms with Gasteiger partial charge in [0.25, 0.3) is 0 Å². The largest absolute Gasteiger partial charge is 0.355 e. The van der Waals surface area contributed by atoms with Gasteiger partial charge < -0.3 is 10.2 Å². The summed E-state index contributed by atoms with van der Waals surface area (Å²) < 4.78 is 14.0. The number of halogens is 2. The third-order valence-electron chi connectivity index (χ3n) is 5.07. The second-order valence-electron chi connectivity index (χ2n) is 7.04. The van der Waals surface area contributed by atoms with E-state index in [0.717, 1.165) is 47.5 Å². The van der Waals surface area contributed by atoms with Gasteiger partial charge in [-0.15, -0.1) is 10.2 Å². The maximum absolute atomic E-state index is 13.1. The summed E-state index contributed by atoms with van der Waals surface area (Å²) in [4.78, 5) is 14.7. The molecule has 0 saturated carbocycles. The molecule has 1 N–H and O–H groups in total. The lowest BCUT2D eigenvalue weighted by atomic mass is 9.96. The highest BCUT2D eigenvalue weighted by atomic mass is 79.9. The number of nitrogens with one attached hydrogen (secondary N) is 1. The molecule has 7 heteroatoms. The summed E-state index contributed by atoms with van der Waals surface area (Å²) in [6, 6.07) is 17.6. The molecule has 0 bridgehead atoms. The standard InChI is InChI=1S/C22H20BrFN4O/c23-17-2-1-3-19(14-17)25-22(29)16-10-12-28(13-11-16)21-9-8-20(26-27-21)15-4-6-18(24)7-5-15/h1-9,14,16H,10-13H2,(H,25,29). The van der Waals surface area contributed by atoms with E-state index >= 15 is 0 Å². The number of benzene rings is 2. The molecule has 4 rings (SSSR count). The third kappa shape index (κ3) is 4.79. The molecule has 1 amide bonds. The van der Waals surface area contributed by atoms with Crippen LogP contribution in [0.3, 0.4) is 0 Å². The van der Waals surface area contributed by atoms with E-state index < -0.39 is 0 Å². The second-order valence-corrected chi connectivity index (χ2v) is 7.96. The molecule has 1 fully saturated rings. The number of nitrogens with zero attached hydrogens (tertiary/aromatic N) is 3. The van der Waals surface area contributed by atoms with E-state index in [2.05, 4.69) is 36.3 Å². The van der Waals surface area contributed by atoms with Gasteiger partial charge in [0.2, 0.25) is 5.91 Å². The Labute approximate surface area is 177 Å². The summed E-state index contributed by atoms with van der Waals surface area (Å²) in [5.41, 5.74) is 2.33. The molecule has 0 atom stereocenters. The van der Waals surface area contributed by atoms with E-state index in [1.165, 1.54) is 12.1 Å². The van der Waals surface area contributed by atoms with Crippen LogP contribution < -0.4 is 10.2 Å². The van der Waals surface area contributed by atoms with E-state index in [9.17, 15) is 9.18 Å². The van der Waals surface area contributed by atoms with Crippen LogP contribution in [0.1, 0.15) is 12.8 Å². The minimum Gasteiger partial charge on any atom is -0.355 e. The molecule has 1 aromatic heterocycles. The van der Waals surface area contributed by atoms with Crippen molar-refractivity contribution in [3.05, 3.63) is 71.0 Å². The van der Waals surface area contributed by atoms with E-state index in [0.29, 0.717) is 5.69 Å². The molecule has 2 aromatic carbocycles. The SMILES string of the molecule is O=C(Nc1cccc(Br)c1)C1CCN(c2ccc(-c3ccc(F)cc3)nn2)CC1. The predicted molar refractivity (Wildman–Crippen MR) is 115 cm³/mol. The summed E-state index contributed by atoms with van der Waals surface area (Å²) in [5.74, 6) is 0.559. The van der Waals surface area contributed by atoms with Gasteiger partial charge in [-0.25, -0.2) is 4.39 Å². The van der Waals surface area contributed by atoms with Crippen LogP contribution in [0.5, 0.6) is 0 Å². The number of carbonyl (C=O) groups excluding carboxylic acids is 1. The van der Waals surface area contributed by atoms with Crippen molar-refractivity contribution in [3.8, 4) is 11.3 Å². The molecular weight excluding hydrogens is 435 g/mol. The van der Waals surface area contributed by atoms with Gasteiger partial charge in [0.15, 0.2) is 5.82 Å². The van der Waals surface area contributed by atoms with Crippen molar-refractivity contribution in [1.29, 1.82) is 0 Å². The lowest BCUT2D eigenvalue weighted by Crippen LogP contribution is -2.38. The third-order valence-corrected chi connectivity index (χ3v) is 5.57. The number of aromatic nitrogens is 2. The van der Waals surface area contributed by atoms with Gasteiger partial charge in [0, 0.05) is 34.7 Å². The number of anilines is 2. The first kappa shape index (κ1) is 19.5. The van der Waals surface area contributed by atoms with Crippen molar-refractivity contribution in [3.63, 3.8) is 0 Å². The van der Waals surface area contributed by atoms with Gasteiger partial charge in [-0.3, -0.25) is 4.79 Å². The Balaban J connectivity index is 1.34. The molecule has 1 aliphatic rings. The first-order valence-electron chi connectivity index (χ1n) is 9.49. The Hall–Kier alpha value is -2.80. The number of amides is 1. The summed E-state index contributed by atoms with van der Waals surface area (Å²) >= 11 is 3.42. The predicted octanol–water partition coefficient (Wildman–Crippen LogP) is 4.90. The van der Waals surface area contributed by atoms with Crippen molar-refractivity contribution in [2.24, 2.45) is 5.92 Å². The molecule has 1 saturated heterocycles. The Morgan fingerprint density at radius 2 is 1.79 bits per heavy atom. The summed E-state index contributed by atoms with van der Waals surface area (Å²) in [7, 11) is 0. The maximum atomic E-state index is 13.1. The van der Waals surface area contributed by atoms with Gasteiger partial charge in [-0.05, 0) is 67.4 Å². The Morgan fingerprint density at radius 3 is 2.45 bits per heavy atom.